The molecule has 0 bridgehead atoms. The molecule has 0 spiro atoms. The molecule has 1 aliphatic heterocycles. The summed E-state index contributed by atoms with van der Waals surface area (Å²) in [5.74, 6) is 1.50. The van der Waals surface area contributed by atoms with E-state index in [1.54, 1.807) is 29.4 Å². The zero-order chi connectivity index (χ0) is 18.5. The van der Waals surface area contributed by atoms with E-state index in [4.69, 9.17) is 0 Å². The van der Waals surface area contributed by atoms with Crippen molar-refractivity contribution in [2.24, 2.45) is 11.8 Å². The van der Waals surface area contributed by atoms with Gasteiger partial charge in [0.05, 0.1) is 12.0 Å². The van der Waals surface area contributed by atoms with E-state index in [0.29, 0.717) is 11.6 Å². The SMILES string of the molecule is O=c1cc(-c2cccnc2)ncn1CC1CCN(CC2CCCCC2)CC1. The number of pyridine rings is 1. The second-order valence-corrected chi connectivity index (χ2v) is 8.25. The quantitative estimate of drug-likeness (QED) is 0.811. The van der Waals surface area contributed by atoms with Crippen LogP contribution in [0.4, 0.5) is 0 Å². The van der Waals surface area contributed by atoms with E-state index in [9.17, 15) is 4.79 Å². The zero-order valence-corrected chi connectivity index (χ0v) is 16.1. The third-order valence-corrected chi connectivity index (χ3v) is 6.24. The molecule has 4 rings (SSSR count). The van der Waals surface area contributed by atoms with Crippen molar-refractivity contribution in [1.82, 2.24) is 19.4 Å². The fraction of sp³-hybridized carbons (Fsp3) is 0.591. The Morgan fingerprint density at radius 2 is 1.78 bits per heavy atom. The number of piperidine rings is 1. The number of hydrogen-bond donors (Lipinski definition) is 0. The highest BCUT2D eigenvalue weighted by atomic mass is 16.1. The van der Waals surface area contributed by atoms with E-state index in [1.807, 2.05) is 12.1 Å². The largest absolute Gasteiger partial charge is 0.303 e. The van der Waals surface area contributed by atoms with Crippen molar-refractivity contribution in [1.29, 1.82) is 0 Å². The Morgan fingerprint density at radius 1 is 1.00 bits per heavy atom. The van der Waals surface area contributed by atoms with Crippen LogP contribution in [-0.2, 0) is 6.54 Å². The van der Waals surface area contributed by atoms with Crippen LogP contribution in [0.5, 0.6) is 0 Å². The third kappa shape index (κ3) is 4.83. The molecule has 1 saturated heterocycles. The van der Waals surface area contributed by atoms with Gasteiger partial charge in [-0.1, -0.05) is 19.3 Å². The second-order valence-electron chi connectivity index (χ2n) is 8.25. The Hall–Kier alpha value is -2.01. The summed E-state index contributed by atoms with van der Waals surface area (Å²) in [6, 6.07) is 5.43. The number of rotatable bonds is 5. The van der Waals surface area contributed by atoms with Gasteiger partial charge in [0.25, 0.3) is 5.56 Å². The van der Waals surface area contributed by atoms with E-state index in [-0.39, 0.29) is 5.56 Å². The van der Waals surface area contributed by atoms with Gasteiger partial charge in [-0.05, 0) is 62.7 Å². The van der Waals surface area contributed by atoms with E-state index < -0.39 is 0 Å². The molecular weight excluding hydrogens is 336 g/mol. The Balaban J connectivity index is 1.30. The molecule has 1 saturated carbocycles. The van der Waals surface area contributed by atoms with Crippen molar-refractivity contribution >= 4 is 0 Å². The molecule has 2 aliphatic rings. The van der Waals surface area contributed by atoms with Gasteiger partial charge >= 0.3 is 0 Å². The molecule has 144 valence electrons. The van der Waals surface area contributed by atoms with Gasteiger partial charge in [0.1, 0.15) is 0 Å². The lowest BCUT2D eigenvalue weighted by Crippen LogP contribution is -2.39. The highest BCUT2D eigenvalue weighted by Gasteiger charge is 2.23. The van der Waals surface area contributed by atoms with Gasteiger partial charge in [0.2, 0.25) is 0 Å². The van der Waals surface area contributed by atoms with Crippen LogP contribution in [0.2, 0.25) is 0 Å². The molecule has 0 amide bonds. The molecule has 2 aromatic heterocycles. The van der Waals surface area contributed by atoms with Crippen molar-refractivity contribution in [3.8, 4) is 11.3 Å². The number of likely N-dealkylation sites (tertiary alicyclic amines) is 1. The first-order valence-corrected chi connectivity index (χ1v) is 10.5. The molecule has 0 atom stereocenters. The Kier molecular flexibility index (Phi) is 5.97. The molecule has 2 aromatic rings. The van der Waals surface area contributed by atoms with Gasteiger partial charge in [-0.15, -0.1) is 0 Å². The smallest absolute Gasteiger partial charge is 0.253 e. The highest BCUT2D eigenvalue weighted by Crippen LogP contribution is 2.26. The van der Waals surface area contributed by atoms with Crippen LogP contribution in [0.1, 0.15) is 44.9 Å². The summed E-state index contributed by atoms with van der Waals surface area (Å²) in [6.07, 6.45) is 14.7. The number of nitrogens with zero attached hydrogens (tertiary/aromatic N) is 4. The van der Waals surface area contributed by atoms with Gasteiger partial charge in [0.15, 0.2) is 0 Å². The molecule has 2 fully saturated rings. The monoisotopic (exact) mass is 366 g/mol. The standard InChI is InChI=1S/C22H30N4O/c27-22-13-21(20-7-4-10-23-14-20)24-17-26(22)16-19-8-11-25(12-9-19)15-18-5-2-1-3-6-18/h4,7,10,13-14,17-19H,1-3,5-6,8-9,11-12,15-16H2. The van der Waals surface area contributed by atoms with Crippen molar-refractivity contribution in [2.75, 3.05) is 19.6 Å². The molecule has 0 aromatic carbocycles. The van der Waals surface area contributed by atoms with Crippen LogP contribution in [0.15, 0.2) is 41.7 Å². The normalized spacial score (nSPS) is 20.0. The van der Waals surface area contributed by atoms with Gasteiger partial charge in [-0.25, -0.2) is 4.98 Å². The fourth-order valence-corrected chi connectivity index (χ4v) is 4.60. The van der Waals surface area contributed by atoms with Crippen molar-refractivity contribution < 1.29 is 0 Å². The minimum absolute atomic E-state index is 0.0356. The first kappa shape index (κ1) is 18.4. The minimum atomic E-state index is 0.0356. The molecule has 0 N–H and O–H groups in total. The summed E-state index contributed by atoms with van der Waals surface area (Å²) in [5.41, 5.74) is 1.62. The maximum Gasteiger partial charge on any atom is 0.253 e. The van der Waals surface area contributed by atoms with Gasteiger partial charge in [-0.3, -0.25) is 14.3 Å². The van der Waals surface area contributed by atoms with E-state index in [0.717, 1.165) is 18.0 Å². The topological polar surface area (TPSA) is 51.0 Å². The van der Waals surface area contributed by atoms with Crippen molar-refractivity contribution in [2.45, 2.75) is 51.5 Å². The molecule has 27 heavy (non-hydrogen) atoms. The first-order chi connectivity index (χ1) is 13.3. The van der Waals surface area contributed by atoms with Crippen LogP contribution >= 0.6 is 0 Å². The third-order valence-electron chi connectivity index (χ3n) is 6.24. The first-order valence-electron chi connectivity index (χ1n) is 10.5. The lowest BCUT2D eigenvalue weighted by atomic mass is 9.88. The van der Waals surface area contributed by atoms with E-state index >= 15 is 0 Å². The Labute approximate surface area is 161 Å². The minimum Gasteiger partial charge on any atom is -0.303 e. The number of aromatic nitrogens is 3. The van der Waals surface area contributed by atoms with Crippen molar-refractivity contribution in [3.63, 3.8) is 0 Å². The lowest BCUT2D eigenvalue weighted by Gasteiger charge is -2.35. The lowest BCUT2D eigenvalue weighted by molar-refractivity contribution is 0.138. The van der Waals surface area contributed by atoms with Gasteiger partial charge in [-0.2, -0.15) is 0 Å². The van der Waals surface area contributed by atoms with E-state index in [2.05, 4.69) is 14.9 Å². The maximum atomic E-state index is 12.5. The summed E-state index contributed by atoms with van der Waals surface area (Å²) in [7, 11) is 0. The van der Waals surface area contributed by atoms with Crippen LogP contribution in [0, 0.1) is 11.8 Å². The molecule has 3 heterocycles. The summed E-state index contributed by atoms with van der Waals surface area (Å²) in [5, 5.41) is 0. The van der Waals surface area contributed by atoms with Crippen LogP contribution < -0.4 is 5.56 Å². The summed E-state index contributed by atoms with van der Waals surface area (Å²) in [6.45, 7) is 4.43. The Morgan fingerprint density at radius 3 is 2.48 bits per heavy atom. The molecule has 5 heteroatoms. The number of hydrogen-bond acceptors (Lipinski definition) is 4. The zero-order valence-electron chi connectivity index (χ0n) is 16.1. The second kappa shape index (κ2) is 8.79. The molecular formula is C22H30N4O. The molecule has 0 radical (unpaired) electrons. The summed E-state index contributed by atoms with van der Waals surface area (Å²) >= 11 is 0. The van der Waals surface area contributed by atoms with Crippen molar-refractivity contribution in [3.05, 3.63) is 47.3 Å². The van der Waals surface area contributed by atoms with E-state index in [1.165, 1.54) is 64.6 Å². The summed E-state index contributed by atoms with van der Waals surface area (Å²) in [4.78, 5) is 23.7. The van der Waals surface area contributed by atoms with Crippen LogP contribution in [0.25, 0.3) is 11.3 Å². The Bertz CT molecular complexity index is 774. The predicted molar refractivity (Wildman–Crippen MR) is 107 cm³/mol. The molecule has 0 unspecified atom stereocenters. The molecule has 5 nitrogen and oxygen atoms in total. The predicted octanol–water partition coefficient (Wildman–Crippen LogP) is 3.60. The van der Waals surface area contributed by atoms with Crippen LogP contribution in [0.3, 0.4) is 0 Å². The fourth-order valence-electron chi connectivity index (χ4n) is 4.60. The summed E-state index contributed by atoms with van der Waals surface area (Å²) < 4.78 is 1.78. The molecule has 1 aliphatic carbocycles. The average Bonchev–Trinajstić information content (AvgIpc) is 2.72. The van der Waals surface area contributed by atoms with Gasteiger partial charge in [0, 0.05) is 37.1 Å². The maximum absolute atomic E-state index is 12.5. The average molecular weight is 367 g/mol. The highest BCUT2D eigenvalue weighted by molar-refractivity contribution is 5.56. The van der Waals surface area contributed by atoms with Crippen LogP contribution in [-0.4, -0.2) is 39.1 Å². The van der Waals surface area contributed by atoms with Gasteiger partial charge < -0.3 is 4.90 Å².